The van der Waals surface area contributed by atoms with Crippen molar-refractivity contribution in [2.45, 2.75) is 51.2 Å². The fourth-order valence-electron chi connectivity index (χ4n) is 4.16. The van der Waals surface area contributed by atoms with Crippen molar-refractivity contribution in [3.8, 4) is 5.69 Å². The Bertz CT molecular complexity index is 1150. The molecule has 30 heavy (non-hydrogen) atoms. The van der Waals surface area contributed by atoms with Crippen LogP contribution < -0.4 is 5.56 Å². The minimum Gasteiger partial charge on any atom is -0.339 e. The Kier molecular flexibility index (Phi) is 5.95. The molecule has 6 heteroatoms. The second-order valence-electron chi connectivity index (χ2n) is 8.06. The first-order valence-electron chi connectivity index (χ1n) is 10.5. The van der Waals surface area contributed by atoms with Gasteiger partial charge in [-0.25, -0.2) is 4.98 Å². The monoisotopic (exact) mass is 421 g/mol. The van der Waals surface area contributed by atoms with Crippen LogP contribution in [-0.4, -0.2) is 38.7 Å². The number of benzene rings is 2. The number of piperidine rings is 1. The summed E-state index contributed by atoms with van der Waals surface area (Å²) in [6.45, 7) is 6.96. The summed E-state index contributed by atoms with van der Waals surface area (Å²) in [6, 6.07) is 13.7. The maximum absolute atomic E-state index is 13.4. The zero-order valence-electron chi connectivity index (χ0n) is 17.7. The number of carbonyl (C=O) groups excluding carboxylic acids is 1. The topological polar surface area (TPSA) is 55.2 Å². The van der Waals surface area contributed by atoms with Crippen LogP contribution in [0.4, 0.5) is 0 Å². The van der Waals surface area contributed by atoms with Gasteiger partial charge in [0.05, 0.1) is 22.3 Å². The molecule has 4 rings (SSSR count). The van der Waals surface area contributed by atoms with Gasteiger partial charge >= 0.3 is 0 Å². The number of thioether (sulfide) groups is 1. The van der Waals surface area contributed by atoms with Crippen LogP contribution in [-0.2, 0) is 4.79 Å². The average molecular weight is 422 g/mol. The largest absolute Gasteiger partial charge is 0.339 e. The predicted octanol–water partition coefficient (Wildman–Crippen LogP) is 4.50. The van der Waals surface area contributed by atoms with Gasteiger partial charge in [-0.05, 0) is 63.8 Å². The molecule has 0 radical (unpaired) electrons. The van der Waals surface area contributed by atoms with Crippen molar-refractivity contribution >= 4 is 28.6 Å². The number of likely N-dealkylation sites (tertiary alicyclic amines) is 1. The molecule has 1 aliphatic rings. The quantitative estimate of drug-likeness (QED) is 0.460. The van der Waals surface area contributed by atoms with Gasteiger partial charge < -0.3 is 4.90 Å². The van der Waals surface area contributed by atoms with Crippen LogP contribution in [0.2, 0.25) is 0 Å². The minimum absolute atomic E-state index is 0.103. The standard InChI is InChI=1S/C24H27N3O2S/c1-16-11-12-21(17(2)14-16)27-23(29)19-9-4-5-10-20(19)25-24(27)30-15-22(28)26-13-7-6-8-18(26)3/h4-5,9-12,14,18H,6-8,13,15H2,1-3H3/t18-/m1/s1. The molecule has 1 saturated heterocycles. The van der Waals surface area contributed by atoms with Crippen LogP contribution >= 0.6 is 11.8 Å². The van der Waals surface area contributed by atoms with E-state index in [-0.39, 0.29) is 23.3 Å². The van der Waals surface area contributed by atoms with E-state index in [1.54, 1.807) is 10.6 Å². The average Bonchev–Trinajstić information content (AvgIpc) is 2.73. The highest BCUT2D eigenvalue weighted by molar-refractivity contribution is 7.99. The molecular weight excluding hydrogens is 394 g/mol. The number of carbonyl (C=O) groups is 1. The molecule has 0 unspecified atom stereocenters. The Morgan fingerprint density at radius 3 is 2.73 bits per heavy atom. The SMILES string of the molecule is Cc1ccc(-n2c(SCC(=O)N3CCCC[C@H]3C)nc3ccccc3c2=O)c(C)c1. The Morgan fingerprint density at radius 1 is 1.17 bits per heavy atom. The number of aromatic nitrogens is 2. The van der Waals surface area contributed by atoms with E-state index in [9.17, 15) is 9.59 Å². The van der Waals surface area contributed by atoms with Gasteiger partial charge in [0.1, 0.15) is 0 Å². The highest BCUT2D eigenvalue weighted by Crippen LogP contribution is 2.25. The highest BCUT2D eigenvalue weighted by atomic mass is 32.2. The first kappa shape index (κ1) is 20.7. The second-order valence-corrected chi connectivity index (χ2v) is 9.01. The molecule has 0 bridgehead atoms. The molecule has 1 aromatic heterocycles. The van der Waals surface area contributed by atoms with Crippen molar-refractivity contribution in [3.63, 3.8) is 0 Å². The van der Waals surface area contributed by atoms with Crippen molar-refractivity contribution in [1.82, 2.24) is 14.5 Å². The van der Waals surface area contributed by atoms with E-state index in [4.69, 9.17) is 4.98 Å². The molecule has 156 valence electrons. The number of para-hydroxylation sites is 1. The number of rotatable bonds is 4. The molecule has 2 aromatic carbocycles. The van der Waals surface area contributed by atoms with E-state index in [1.165, 1.54) is 18.2 Å². The molecule has 0 spiro atoms. The molecule has 2 heterocycles. The number of amides is 1. The number of aryl methyl sites for hydroxylation is 2. The van der Waals surface area contributed by atoms with Crippen molar-refractivity contribution in [2.75, 3.05) is 12.3 Å². The van der Waals surface area contributed by atoms with Crippen LogP contribution in [0.5, 0.6) is 0 Å². The first-order valence-corrected chi connectivity index (χ1v) is 11.5. The van der Waals surface area contributed by atoms with E-state index in [2.05, 4.69) is 13.0 Å². The lowest BCUT2D eigenvalue weighted by Gasteiger charge is -2.33. The zero-order chi connectivity index (χ0) is 21.3. The Labute approximate surface area is 181 Å². The summed E-state index contributed by atoms with van der Waals surface area (Å²) in [6.07, 6.45) is 3.29. The molecule has 3 aromatic rings. The van der Waals surface area contributed by atoms with Crippen molar-refractivity contribution in [3.05, 3.63) is 63.9 Å². The van der Waals surface area contributed by atoms with Gasteiger partial charge in [0.15, 0.2) is 5.16 Å². The van der Waals surface area contributed by atoms with Gasteiger partial charge in [-0.2, -0.15) is 0 Å². The molecule has 5 nitrogen and oxygen atoms in total. The van der Waals surface area contributed by atoms with Gasteiger partial charge in [0.25, 0.3) is 5.56 Å². The summed E-state index contributed by atoms with van der Waals surface area (Å²) in [5.41, 5.74) is 3.51. The lowest BCUT2D eigenvalue weighted by molar-refractivity contribution is -0.131. The van der Waals surface area contributed by atoms with E-state index in [0.717, 1.165) is 36.2 Å². The van der Waals surface area contributed by atoms with Crippen molar-refractivity contribution in [2.24, 2.45) is 0 Å². The fraction of sp³-hybridized carbons (Fsp3) is 0.375. The summed E-state index contributed by atoms with van der Waals surface area (Å²) < 4.78 is 1.66. The zero-order valence-corrected chi connectivity index (χ0v) is 18.5. The Morgan fingerprint density at radius 2 is 1.97 bits per heavy atom. The lowest BCUT2D eigenvalue weighted by Crippen LogP contribution is -2.43. The summed E-state index contributed by atoms with van der Waals surface area (Å²) in [4.78, 5) is 33.0. The Balaban J connectivity index is 1.74. The second kappa shape index (κ2) is 8.64. The van der Waals surface area contributed by atoms with Crippen LogP contribution in [0.25, 0.3) is 16.6 Å². The maximum atomic E-state index is 13.4. The molecule has 1 amide bonds. The lowest BCUT2D eigenvalue weighted by atomic mass is 10.0. The molecule has 1 atom stereocenters. The third kappa shape index (κ3) is 4.01. The predicted molar refractivity (Wildman–Crippen MR) is 123 cm³/mol. The molecular formula is C24H27N3O2S. The van der Waals surface area contributed by atoms with Gasteiger partial charge in [-0.1, -0.05) is 41.6 Å². The molecule has 1 aliphatic heterocycles. The van der Waals surface area contributed by atoms with E-state index >= 15 is 0 Å². The number of nitrogens with zero attached hydrogens (tertiary/aromatic N) is 3. The van der Waals surface area contributed by atoms with Crippen LogP contribution in [0, 0.1) is 13.8 Å². The summed E-state index contributed by atoms with van der Waals surface area (Å²) in [5, 5.41) is 1.14. The number of hydrogen-bond acceptors (Lipinski definition) is 4. The van der Waals surface area contributed by atoms with Crippen LogP contribution in [0.1, 0.15) is 37.3 Å². The van der Waals surface area contributed by atoms with Gasteiger partial charge in [0.2, 0.25) is 5.91 Å². The van der Waals surface area contributed by atoms with Crippen molar-refractivity contribution < 1.29 is 4.79 Å². The third-order valence-electron chi connectivity index (χ3n) is 5.79. The number of hydrogen-bond donors (Lipinski definition) is 0. The van der Waals surface area contributed by atoms with Gasteiger partial charge in [-0.3, -0.25) is 14.2 Å². The summed E-state index contributed by atoms with van der Waals surface area (Å²) >= 11 is 1.35. The maximum Gasteiger partial charge on any atom is 0.266 e. The van der Waals surface area contributed by atoms with E-state index < -0.39 is 0 Å². The number of fused-ring (bicyclic) bond motifs is 1. The summed E-state index contributed by atoms with van der Waals surface area (Å²) in [5.74, 6) is 0.391. The van der Waals surface area contributed by atoms with Crippen LogP contribution in [0.15, 0.2) is 52.4 Å². The molecule has 0 N–H and O–H groups in total. The minimum atomic E-state index is -0.103. The highest BCUT2D eigenvalue weighted by Gasteiger charge is 2.24. The van der Waals surface area contributed by atoms with Crippen LogP contribution in [0.3, 0.4) is 0 Å². The summed E-state index contributed by atoms with van der Waals surface area (Å²) in [7, 11) is 0. The molecule has 1 fully saturated rings. The van der Waals surface area contributed by atoms with Gasteiger partial charge in [-0.15, -0.1) is 0 Å². The molecule has 0 aliphatic carbocycles. The van der Waals surface area contributed by atoms with E-state index in [0.29, 0.717) is 16.1 Å². The third-order valence-corrected chi connectivity index (χ3v) is 6.71. The normalized spacial score (nSPS) is 16.8. The molecule has 0 saturated carbocycles. The van der Waals surface area contributed by atoms with Gasteiger partial charge in [0, 0.05) is 12.6 Å². The fourth-order valence-corrected chi connectivity index (χ4v) is 5.05. The first-order chi connectivity index (χ1) is 14.5. The van der Waals surface area contributed by atoms with Crippen molar-refractivity contribution in [1.29, 1.82) is 0 Å². The smallest absolute Gasteiger partial charge is 0.266 e. The van der Waals surface area contributed by atoms with E-state index in [1.807, 2.05) is 49.1 Å². The Hall–Kier alpha value is -2.60.